The molecule has 7 N–H and O–H groups in total. The summed E-state index contributed by atoms with van der Waals surface area (Å²) < 4.78 is 48.2. The van der Waals surface area contributed by atoms with E-state index in [0.717, 1.165) is 12.3 Å². The molecule has 5 bridgehead atoms. The highest BCUT2D eigenvalue weighted by Gasteiger charge is 2.50. The van der Waals surface area contributed by atoms with E-state index in [1.807, 2.05) is 0 Å². The van der Waals surface area contributed by atoms with Gasteiger partial charge in [-0.1, -0.05) is 52.0 Å². The van der Waals surface area contributed by atoms with Crippen LogP contribution >= 0.6 is 0 Å². The number of aliphatic hydroxyl groups is 2. The van der Waals surface area contributed by atoms with Crippen molar-refractivity contribution in [3.63, 3.8) is 0 Å². The van der Waals surface area contributed by atoms with Crippen LogP contribution in [0.25, 0.3) is 21.7 Å². The molecule has 3 aromatic carbocycles. The smallest absolute Gasteiger partial charge is 0.341 e. The van der Waals surface area contributed by atoms with Gasteiger partial charge in [-0.2, -0.15) is 5.10 Å². The number of carbonyl (C=O) groups is 4. The number of benzene rings is 3. The minimum Gasteiger partial charge on any atom is -0.507 e. The van der Waals surface area contributed by atoms with E-state index in [2.05, 4.69) is 10.3 Å². The Hall–Kier alpha value is -8.54. The summed E-state index contributed by atoms with van der Waals surface area (Å²) in [5, 5.41) is 78.6. The number of carboxylic acid groups (broad SMARTS) is 1. The second-order valence-corrected chi connectivity index (χ2v) is 22.6. The molecule has 0 radical (unpaired) electrons. The van der Waals surface area contributed by atoms with Gasteiger partial charge in [-0.25, -0.2) is 9.18 Å². The summed E-state index contributed by atoms with van der Waals surface area (Å²) in [6.07, 6.45) is 8.81. The average Bonchev–Trinajstić information content (AvgIpc) is 1.78. The summed E-state index contributed by atoms with van der Waals surface area (Å²) in [7, 11) is 2.75. The van der Waals surface area contributed by atoms with Crippen LogP contribution in [0.15, 0.2) is 82.7 Å². The number of carbonyl (C=O) groups excluding carboxylic acids is 3. The number of pyridine rings is 2. The fraction of sp³-hybridized carbons (Fsp3) is 0.435. The largest absolute Gasteiger partial charge is 0.507 e. The van der Waals surface area contributed by atoms with Crippen LogP contribution in [0, 0.1) is 36.4 Å². The molecule has 23 heteroatoms. The lowest BCUT2D eigenvalue weighted by atomic mass is 9.78. The number of allylic oxidation sites excluding steroid dienone is 2. The molecule has 1 unspecified atom stereocenters. The fourth-order valence-corrected chi connectivity index (χ4v) is 11.8. The maximum atomic E-state index is 16.7. The quantitative estimate of drug-likeness (QED) is 0.0218. The Labute approximate surface area is 489 Å². The first-order valence-corrected chi connectivity index (χ1v) is 28.1. The van der Waals surface area contributed by atoms with Gasteiger partial charge >= 0.3 is 17.7 Å². The van der Waals surface area contributed by atoms with Crippen LogP contribution in [-0.4, -0.2) is 139 Å². The van der Waals surface area contributed by atoms with Crippen molar-refractivity contribution in [1.29, 1.82) is 0 Å². The molecule has 10 rings (SSSR count). The van der Waals surface area contributed by atoms with Gasteiger partial charge in [0, 0.05) is 92.7 Å². The van der Waals surface area contributed by atoms with Crippen molar-refractivity contribution in [2.45, 2.75) is 123 Å². The van der Waals surface area contributed by atoms with E-state index in [1.165, 1.54) is 72.6 Å². The van der Waals surface area contributed by atoms with E-state index in [0.29, 0.717) is 25.0 Å². The number of Topliss-reactive ketones (excluding diaryl/α,β-unsaturated/α-hetero) is 1. The van der Waals surface area contributed by atoms with E-state index in [9.17, 15) is 54.6 Å². The number of phenols is 3. The third-order valence-electron chi connectivity index (χ3n) is 16.9. The van der Waals surface area contributed by atoms with Gasteiger partial charge in [-0.05, 0) is 57.4 Å². The number of ether oxygens (including phenoxy) is 5. The molecule has 10 atom stereocenters. The Morgan fingerprint density at radius 3 is 2.35 bits per heavy atom. The molecule has 5 aromatic rings. The Bertz CT molecular complexity index is 3670. The van der Waals surface area contributed by atoms with Crippen molar-refractivity contribution < 1.29 is 77.9 Å². The number of carboxylic acids is 1. The van der Waals surface area contributed by atoms with Crippen LogP contribution in [0.4, 0.5) is 15.8 Å². The van der Waals surface area contributed by atoms with E-state index >= 15 is 4.39 Å². The number of nitrogens with one attached hydrogen (secondary N) is 1. The number of hydrogen-bond donors (Lipinski definition) is 7. The number of amides is 1. The number of aromatic hydroxyl groups is 3. The molecule has 1 saturated heterocycles. The molecule has 2 aromatic heterocycles. The summed E-state index contributed by atoms with van der Waals surface area (Å²) in [4.78, 5) is 73.8. The van der Waals surface area contributed by atoms with Crippen LogP contribution in [0.5, 0.6) is 28.7 Å². The lowest BCUT2D eigenvalue weighted by Crippen LogP contribution is -2.46. The highest BCUT2D eigenvalue weighted by atomic mass is 19.1. The van der Waals surface area contributed by atoms with Gasteiger partial charge in [-0.3, -0.25) is 29.2 Å². The number of anilines is 2. The number of halogens is 1. The van der Waals surface area contributed by atoms with Crippen LogP contribution in [0.2, 0.25) is 0 Å². The number of hydrogen-bond acceptors (Lipinski definition) is 19. The first-order valence-electron chi connectivity index (χ1n) is 28.1. The van der Waals surface area contributed by atoms with Crippen molar-refractivity contribution in [1.82, 2.24) is 14.6 Å². The molecular formula is C62H71FN6O16. The zero-order valence-corrected chi connectivity index (χ0v) is 48.8. The lowest BCUT2D eigenvalue weighted by molar-refractivity contribution is -0.160. The zero-order valence-electron chi connectivity index (χ0n) is 48.8. The first kappa shape index (κ1) is 61.0. The van der Waals surface area contributed by atoms with Crippen LogP contribution in [0.1, 0.15) is 111 Å². The van der Waals surface area contributed by atoms with Crippen LogP contribution in [-0.2, 0) is 30.3 Å². The summed E-state index contributed by atoms with van der Waals surface area (Å²) in [6.45, 7) is 12.6. The molecule has 2 fully saturated rings. The van der Waals surface area contributed by atoms with Crippen molar-refractivity contribution in [3.8, 4) is 28.7 Å². The molecule has 6 heterocycles. The van der Waals surface area contributed by atoms with Gasteiger partial charge < -0.3 is 69.1 Å². The molecule has 0 spiro atoms. The SMILES string of the molecule is COc1c(N2CCC(N(Cc3ccccn3)N=Cc3c4c(O)c5c(O)c(C)c6c(c5c3O)C(=O)[C@@](C)(OC=C[C@H](OC)[C@@H](C)[C@@H](OC(C)=O)[C@H](C)[C@H](O)[C@H](C)[C@@H](O)[C@@H](C)C=CC=C(C)C(=O)N4)O6)C2)c(F)cc2c(=O)c(C(=O)O)cn(C3CC3)c12. The number of esters is 1. The first-order chi connectivity index (χ1) is 40.3. The second kappa shape index (κ2) is 24.2. The zero-order chi connectivity index (χ0) is 61.7. The minimum absolute atomic E-state index is 0.0183. The van der Waals surface area contributed by atoms with Gasteiger partial charge in [-0.15, -0.1) is 0 Å². The summed E-state index contributed by atoms with van der Waals surface area (Å²) in [5.41, 5.74) is -1.57. The molecule has 85 heavy (non-hydrogen) atoms. The molecule has 452 valence electrons. The van der Waals surface area contributed by atoms with Crippen LogP contribution in [0.3, 0.4) is 0 Å². The van der Waals surface area contributed by atoms with Crippen molar-refractivity contribution in [2.24, 2.45) is 28.8 Å². The van der Waals surface area contributed by atoms with Crippen molar-refractivity contribution >= 4 is 62.9 Å². The lowest BCUT2D eigenvalue weighted by Gasteiger charge is -2.38. The number of hydrazone groups is 1. The Balaban J connectivity index is 1.17. The van der Waals surface area contributed by atoms with Gasteiger partial charge in [0.05, 0.1) is 89.3 Å². The van der Waals surface area contributed by atoms with E-state index in [-0.39, 0.29) is 81.4 Å². The maximum Gasteiger partial charge on any atom is 0.341 e. The number of aliphatic hydroxyl groups excluding tert-OH is 2. The highest BCUT2D eigenvalue weighted by molar-refractivity contribution is 6.24. The van der Waals surface area contributed by atoms with E-state index in [4.69, 9.17) is 28.8 Å². The van der Waals surface area contributed by atoms with Crippen LogP contribution < -0.4 is 25.1 Å². The van der Waals surface area contributed by atoms with Crippen molar-refractivity contribution in [2.75, 3.05) is 37.5 Å². The third-order valence-corrected chi connectivity index (χ3v) is 16.9. The fourth-order valence-electron chi connectivity index (χ4n) is 11.8. The number of rotatable bonds is 11. The normalized spacial score (nSPS) is 25.8. The number of nitrogens with zero attached hydrogens (tertiary/aromatic N) is 5. The Morgan fingerprint density at radius 1 is 0.976 bits per heavy atom. The van der Waals surface area contributed by atoms with Gasteiger partial charge in [0.2, 0.25) is 5.43 Å². The molecule has 1 saturated carbocycles. The third kappa shape index (κ3) is 11.5. The summed E-state index contributed by atoms with van der Waals surface area (Å²) >= 11 is 0. The number of aromatic nitrogens is 2. The monoisotopic (exact) mass is 1170 g/mol. The number of aromatic carboxylic acids is 1. The summed E-state index contributed by atoms with van der Waals surface area (Å²) in [6, 6.07) is 5.57. The summed E-state index contributed by atoms with van der Waals surface area (Å²) in [5.74, 6) is -11.8. The van der Waals surface area contributed by atoms with Gasteiger partial charge in [0.1, 0.15) is 34.6 Å². The van der Waals surface area contributed by atoms with E-state index < -0.39 is 129 Å². The molecular weight excluding hydrogens is 1100 g/mol. The number of phenolic OH excluding ortho intramolecular Hbond substituents is 3. The predicted molar refractivity (Wildman–Crippen MR) is 312 cm³/mol. The molecule has 1 amide bonds. The van der Waals surface area contributed by atoms with Crippen molar-refractivity contribution in [3.05, 3.63) is 117 Å². The molecule has 22 nitrogen and oxygen atoms in total. The number of methoxy groups -OCH3 is 2. The number of fused-ring (bicyclic) bond motifs is 15. The Morgan fingerprint density at radius 2 is 1.71 bits per heavy atom. The molecule has 1 aliphatic carbocycles. The molecule has 4 aliphatic heterocycles. The highest BCUT2D eigenvalue weighted by Crippen LogP contribution is 2.55. The minimum atomic E-state index is -2.18. The van der Waals surface area contributed by atoms with E-state index in [1.54, 1.807) is 72.6 Å². The van der Waals surface area contributed by atoms with Gasteiger partial charge in [0.15, 0.2) is 17.3 Å². The topological polar surface area (TPSA) is 302 Å². The average molecular weight is 1180 g/mol. The standard InChI is InChI=1S/C62H71FN6O16/c1-29-14-13-15-30(2)60(78)66-47-40(25-65-69(26-36-16-11-12-21-64-36)38-19-22-67(27-38)49-42(63)24-39-48(58(49)82-10)68(37-17-18-37)28-41(53(39)74)61(79)80)54(75)44-45(55(47)76)52(73)34(6)57-46(44)59(77)62(8,85-57)83-23-20-43(81-9)31(3)56(84-35(7)70)33(5)51(72)32(4)50(29)71/h11-16,20-21,23-25,28-29,31-33,37-38,43,50-51,56,71-73,75-76H,17-19,22,26-27H2,1-10H3,(H,66,78)(H,79,80)/t29-,31+,32+,33+,38?,43-,50-,51+,56+,62-/m0/s1. The second-order valence-electron chi connectivity index (χ2n) is 22.6. The molecule has 5 aliphatic rings. The maximum absolute atomic E-state index is 16.7. The predicted octanol–water partition coefficient (Wildman–Crippen LogP) is 7.76. The Kier molecular flexibility index (Phi) is 17.4. The number of ketones is 1. The van der Waals surface area contributed by atoms with Gasteiger partial charge in [0.25, 0.3) is 11.7 Å².